The summed E-state index contributed by atoms with van der Waals surface area (Å²) in [7, 11) is 1.67. The van der Waals surface area contributed by atoms with Crippen LogP contribution in [0.4, 0.5) is 0 Å². The molecule has 2 N–H and O–H groups in total. The maximum Gasteiger partial charge on any atom is 0.237 e. The molecular weight excluding hydrogens is 208 g/mol. The molecule has 1 heterocycles. The summed E-state index contributed by atoms with van der Waals surface area (Å²) in [5.74, 6) is 0.351. The zero-order valence-electron chi connectivity index (χ0n) is 9.41. The van der Waals surface area contributed by atoms with Crippen molar-refractivity contribution in [2.45, 2.75) is 26.4 Å². The van der Waals surface area contributed by atoms with Crippen LogP contribution in [-0.4, -0.2) is 19.0 Å². The van der Waals surface area contributed by atoms with Gasteiger partial charge in [0.25, 0.3) is 0 Å². The Morgan fingerprint density at radius 2 is 2.27 bits per heavy atom. The first kappa shape index (κ1) is 12.2. The highest BCUT2D eigenvalue weighted by Crippen LogP contribution is 2.07. The number of hydrogen-bond donors (Lipinski definition) is 2. The van der Waals surface area contributed by atoms with Gasteiger partial charge in [-0.05, 0) is 28.3 Å². The van der Waals surface area contributed by atoms with Crippen LogP contribution < -0.4 is 10.6 Å². The van der Waals surface area contributed by atoms with Gasteiger partial charge in [0, 0.05) is 13.6 Å². The fourth-order valence-electron chi connectivity index (χ4n) is 1.41. The molecule has 84 valence electrons. The molecule has 1 amide bonds. The molecule has 1 aromatic heterocycles. The summed E-state index contributed by atoms with van der Waals surface area (Å²) in [6.07, 6.45) is 0. The van der Waals surface area contributed by atoms with Gasteiger partial charge in [-0.25, -0.2) is 0 Å². The topological polar surface area (TPSA) is 41.1 Å². The van der Waals surface area contributed by atoms with Crippen molar-refractivity contribution in [3.05, 3.63) is 22.4 Å². The lowest BCUT2D eigenvalue weighted by atomic mass is 10.0. The molecule has 0 fully saturated rings. The van der Waals surface area contributed by atoms with Gasteiger partial charge in [-0.3, -0.25) is 4.79 Å². The summed E-state index contributed by atoms with van der Waals surface area (Å²) in [5.41, 5.74) is 1.23. The Morgan fingerprint density at radius 1 is 1.53 bits per heavy atom. The van der Waals surface area contributed by atoms with Gasteiger partial charge in [-0.1, -0.05) is 13.8 Å². The van der Waals surface area contributed by atoms with E-state index in [0.29, 0.717) is 5.92 Å². The highest BCUT2D eigenvalue weighted by atomic mass is 32.1. The number of thiophene rings is 1. The molecule has 0 spiro atoms. The van der Waals surface area contributed by atoms with Crippen molar-refractivity contribution < 1.29 is 4.79 Å². The molecule has 4 heteroatoms. The third-order valence-electron chi connectivity index (χ3n) is 2.30. The molecule has 0 aliphatic carbocycles. The molecule has 0 aliphatic heterocycles. The molecule has 0 aromatic carbocycles. The monoisotopic (exact) mass is 226 g/mol. The second-order valence-corrected chi connectivity index (χ2v) is 4.63. The molecule has 0 saturated heterocycles. The molecule has 0 bridgehead atoms. The first-order chi connectivity index (χ1) is 7.15. The zero-order chi connectivity index (χ0) is 11.3. The first-order valence-electron chi connectivity index (χ1n) is 5.11. The van der Waals surface area contributed by atoms with Crippen LogP contribution >= 0.6 is 11.3 Å². The lowest BCUT2D eigenvalue weighted by Crippen LogP contribution is -2.45. The normalized spacial score (nSPS) is 12.8. The van der Waals surface area contributed by atoms with Crippen molar-refractivity contribution in [3.8, 4) is 0 Å². The third-order valence-corrected chi connectivity index (χ3v) is 3.03. The minimum Gasteiger partial charge on any atom is -0.358 e. The van der Waals surface area contributed by atoms with Crippen LogP contribution in [0.1, 0.15) is 19.4 Å². The van der Waals surface area contributed by atoms with E-state index in [-0.39, 0.29) is 11.9 Å². The summed E-state index contributed by atoms with van der Waals surface area (Å²) in [5, 5.41) is 10.1. The summed E-state index contributed by atoms with van der Waals surface area (Å²) in [4.78, 5) is 11.5. The Morgan fingerprint density at radius 3 is 2.73 bits per heavy atom. The van der Waals surface area contributed by atoms with E-state index in [1.54, 1.807) is 18.4 Å². The maximum absolute atomic E-state index is 11.5. The van der Waals surface area contributed by atoms with Crippen LogP contribution in [0, 0.1) is 5.92 Å². The van der Waals surface area contributed by atoms with Crippen molar-refractivity contribution in [2.24, 2.45) is 5.92 Å². The van der Waals surface area contributed by atoms with Crippen molar-refractivity contribution in [2.75, 3.05) is 7.05 Å². The molecule has 15 heavy (non-hydrogen) atoms. The van der Waals surface area contributed by atoms with Gasteiger partial charge in [-0.2, -0.15) is 11.3 Å². The molecule has 1 rings (SSSR count). The van der Waals surface area contributed by atoms with E-state index in [4.69, 9.17) is 0 Å². The molecule has 0 radical (unpaired) electrons. The van der Waals surface area contributed by atoms with Gasteiger partial charge in [0.1, 0.15) is 0 Å². The standard InChI is InChI=1S/C11H18N2OS/c1-8(2)10(11(14)12-3)13-6-9-4-5-15-7-9/h4-5,7-8,10,13H,6H2,1-3H3,(H,12,14). The number of carbonyl (C=O) groups is 1. The van der Waals surface area contributed by atoms with Crippen molar-refractivity contribution >= 4 is 17.2 Å². The number of hydrogen-bond acceptors (Lipinski definition) is 3. The average Bonchev–Trinajstić information content (AvgIpc) is 2.70. The van der Waals surface area contributed by atoms with Gasteiger partial charge in [0.15, 0.2) is 0 Å². The second-order valence-electron chi connectivity index (χ2n) is 3.85. The minimum absolute atomic E-state index is 0.0558. The van der Waals surface area contributed by atoms with E-state index in [9.17, 15) is 4.79 Å². The van der Waals surface area contributed by atoms with Crippen LogP contribution in [-0.2, 0) is 11.3 Å². The van der Waals surface area contributed by atoms with Crippen molar-refractivity contribution in [1.29, 1.82) is 0 Å². The van der Waals surface area contributed by atoms with Crippen LogP contribution in [0.3, 0.4) is 0 Å². The number of nitrogens with one attached hydrogen (secondary N) is 2. The van der Waals surface area contributed by atoms with Crippen molar-refractivity contribution in [1.82, 2.24) is 10.6 Å². The fourth-order valence-corrected chi connectivity index (χ4v) is 2.08. The SMILES string of the molecule is CNC(=O)C(NCc1ccsc1)C(C)C. The summed E-state index contributed by atoms with van der Waals surface area (Å²) >= 11 is 1.67. The predicted molar refractivity (Wildman–Crippen MR) is 63.9 cm³/mol. The Hall–Kier alpha value is -0.870. The summed E-state index contributed by atoms with van der Waals surface area (Å²) < 4.78 is 0. The summed E-state index contributed by atoms with van der Waals surface area (Å²) in [6, 6.07) is 1.95. The van der Waals surface area contributed by atoms with Crippen LogP contribution in [0.25, 0.3) is 0 Å². The predicted octanol–water partition coefficient (Wildman–Crippen LogP) is 1.61. The van der Waals surface area contributed by atoms with Gasteiger partial charge in [-0.15, -0.1) is 0 Å². The van der Waals surface area contributed by atoms with E-state index in [1.807, 2.05) is 19.2 Å². The quantitative estimate of drug-likeness (QED) is 0.801. The Labute approximate surface area is 94.9 Å². The first-order valence-corrected chi connectivity index (χ1v) is 6.05. The number of rotatable bonds is 5. The molecule has 1 unspecified atom stereocenters. The van der Waals surface area contributed by atoms with Gasteiger partial charge >= 0.3 is 0 Å². The van der Waals surface area contributed by atoms with E-state index in [1.165, 1.54) is 5.56 Å². The van der Waals surface area contributed by atoms with Crippen molar-refractivity contribution in [3.63, 3.8) is 0 Å². The van der Waals surface area contributed by atoms with Crippen LogP contribution in [0.15, 0.2) is 16.8 Å². The Bertz CT molecular complexity index is 296. The van der Waals surface area contributed by atoms with E-state index < -0.39 is 0 Å². The van der Waals surface area contributed by atoms with E-state index in [0.717, 1.165) is 6.54 Å². The Kier molecular flexibility index (Phi) is 4.78. The third kappa shape index (κ3) is 3.64. The number of carbonyl (C=O) groups excluding carboxylic acids is 1. The lowest BCUT2D eigenvalue weighted by molar-refractivity contribution is -0.123. The smallest absolute Gasteiger partial charge is 0.237 e. The molecule has 3 nitrogen and oxygen atoms in total. The van der Waals surface area contributed by atoms with Gasteiger partial charge in [0.2, 0.25) is 5.91 Å². The largest absolute Gasteiger partial charge is 0.358 e. The molecule has 1 atom stereocenters. The minimum atomic E-state index is -0.116. The molecule has 1 aromatic rings. The second kappa shape index (κ2) is 5.88. The maximum atomic E-state index is 11.5. The van der Waals surface area contributed by atoms with Crippen LogP contribution in [0.5, 0.6) is 0 Å². The summed E-state index contributed by atoms with van der Waals surface area (Å²) in [6.45, 7) is 4.83. The number of amides is 1. The zero-order valence-corrected chi connectivity index (χ0v) is 10.2. The molecule has 0 saturated carbocycles. The highest BCUT2D eigenvalue weighted by Gasteiger charge is 2.19. The molecular formula is C11H18N2OS. The van der Waals surface area contributed by atoms with Gasteiger partial charge in [0.05, 0.1) is 6.04 Å². The Balaban J connectivity index is 2.49. The average molecular weight is 226 g/mol. The lowest BCUT2D eigenvalue weighted by Gasteiger charge is -2.20. The van der Waals surface area contributed by atoms with E-state index >= 15 is 0 Å². The van der Waals surface area contributed by atoms with E-state index in [2.05, 4.69) is 22.1 Å². The molecule has 0 aliphatic rings. The number of likely N-dealkylation sites (N-methyl/N-ethyl adjacent to an activating group) is 1. The van der Waals surface area contributed by atoms with Crippen LogP contribution in [0.2, 0.25) is 0 Å². The fraction of sp³-hybridized carbons (Fsp3) is 0.545. The highest BCUT2D eigenvalue weighted by molar-refractivity contribution is 7.07. The van der Waals surface area contributed by atoms with Gasteiger partial charge < -0.3 is 10.6 Å².